The lowest BCUT2D eigenvalue weighted by atomic mass is 9.73. The lowest BCUT2D eigenvalue weighted by Crippen LogP contribution is -2.47. The Balaban J connectivity index is 0.000000206. The molecule has 1 N–H and O–H groups in total. The number of aliphatic carboxylic acids is 1. The molecule has 0 amide bonds. The number of carbonyl (C=O) groups is 3. The second-order valence-corrected chi connectivity index (χ2v) is 9.35. The number of carboxylic acid groups (broad SMARTS) is 1. The Morgan fingerprint density at radius 1 is 0.892 bits per heavy atom. The van der Waals surface area contributed by atoms with Gasteiger partial charge in [-0.2, -0.15) is 0 Å². The maximum atomic E-state index is 12.4. The number of ether oxygens (including phenoxy) is 1. The van der Waals surface area contributed by atoms with Crippen LogP contribution in [-0.2, 0) is 19.7 Å². The topological polar surface area (TPSA) is 83.9 Å². The van der Waals surface area contributed by atoms with Crippen molar-refractivity contribution in [3.05, 3.63) is 107 Å². The summed E-state index contributed by atoms with van der Waals surface area (Å²) >= 11 is 0. The highest BCUT2D eigenvalue weighted by molar-refractivity contribution is 6.09. The molecule has 0 spiro atoms. The summed E-state index contributed by atoms with van der Waals surface area (Å²) in [4.78, 5) is 37.9. The molecule has 6 heteroatoms. The molecular formula is C31H35NO5. The fourth-order valence-electron chi connectivity index (χ4n) is 4.49. The number of esters is 1. The molecule has 0 bridgehead atoms. The third-order valence-corrected chi connectivity index (χ3v) is 6.89. The number of rotatable bonds is 7. The maximum absolute atomic E-state index is 12.4. The minimum absolute atomic E-state index is 0.0655. The van der Waals surface area contributed by atoms with Crippen LogP contribution in [0.3, 0.4) is 0 Å². The van der Waals surface area contributed by atoms with Gasteiger partial charge in [-0.15, -0.1) is 0 Å². The average Bonchev–Trinajstić information content (AvgIpc) is 2.94. The van der Waals surface area contributed by atoms with Crippen LogP contribution in [0.15, 0.2) is 84.9 Å². The van der Waals surface area contributed by atoms with Crippen molar-refractivity contribution in [3.8, 4) is 0 Å². The van der Waals surface area contributed by atoms with Crippen molar-refractivity contribution in [3.63, 3.8) is 0 Å². The Bertz CT molecular complexity index is 1180. The summed E-state index contributed by atoms with van der Waals surface area (Å²) in [6.45, 7) is 5.80. The van der Waals surface area contributed by atoms with Crippen molar-refractivity contribution in [2.75, 3.05) is 26.7 Å². The van der Waals surface area contributed by atoms with Gasteiger partial charge in [0.05, 0.1) is 17.9 Å². The highest BCUT2D eigenvalue weighted by Crippen LogP contribution is 2.36. The van der Waals surface area contributed by atoms with Crippen LogP contribution in [0.1, 0.15) is 59.7 Å². The van der Waals surface area contributed by atoms with Gasteiger partial charge >= 0.3 is 11.9 Å². The molecule has 194 valence electrons. The fraction of sp³-hybridized carbons (Fsp3) is 0.323. The molecule has 0 radical (unpaired) electrons. The standard InChI is InChI=1S/C16H14O3.C15H21NO2/c1-11(16(18)19)13-8-5-9-14(10-13)15(17)12-6-3-2-4-7-12;1-3-18-14(17)15(9-11-16(2)12-10-15)13-7-5-4-6-8-13/h2-11H,1H3,(H,18,19);4-8H,3,9-12H2,1-2H3. The minimum atomic E-state index is -0.899. The van der Waals surface area contributed by atoms with Crippen molar-refractivity contribution in [2.45, 2.75) is 38.0 Å². The van der Waals surface area contributed by atoms with Crippen LogP contribution < -0.4 is 0 Å². The first kappa shape index (κ1) is 27.8. The smallest absolute Gasteiger partial charge is 0.316 e. The first-order valence-electron chi connectivity index (χ1n) is 12.6. The molecule has 4 rings (SSSR count). The molecule has 0 saturated carbocycles. The molecule has 3 aromatic carbocycles. The van der Waals surface area contributed by atoms with E-state index in [0.29, 0.717) is 23.3 Å². The van der Waals surface area contributed by atoms with E-state index in [4.69, 9.17) is 9.84 Å². The molecule has 1 atom stereocenters. The van der Waals surface area contributed by atoms with Crippen LogP contribution in [0.5, 0.6) is 0 Å². The predicted molar refractivity (Wildman–Crippen MR) is 144 cm³/mol. The van der Waals surface area contributed by atoms with E-state index >= 15 is 0 Å². The Morgan fingerprint density at radius 2 is 1.46 bits per heavy atom. The summed E-state index contributed by atoms with van der Waals surface area (Å²) in [5.74, 6) is -1.68. The van der Waals surface area contributed by atoms with Crippen molar-refractivity contribution in [2.24, 2.45) is 0 Å². The van der Waals surface area contributed by atoms with E-state index in [-0.39, 0.29) is 11.8 Å². The van der Waals surface area contributed by atoms with E-state index in [2.05, 4.69) is 11.9 Å². The van der Waals surface area contributed by atoms with Gasteiger partial charge in [0.15, 0.2) is 5.78 Å². The first-order chi connectivity index (χ1) is 17.8. The van der Waals surface area contributed by atoms with Crippen molar-refractivity contribution in [1.29, 1.82) is 0 Å². The Labute approximate surface area is 218 Å². The van der Waals surface area contributed by atoms with Gasteiger partial charge in [-0.25, -0.2) is 0 Å². The number of hydrogen-bond donors (Lipinski definition) is 1. The number of hydrogen-bond acceptors (Lipinski definition) is 5. The van der Waals surface area contributed by atoms with E-state index in [9.17, 15) is 14.4 Å². The monoisotopic (exact) mass is 501 g/mol. The maximum Gasteiger partial charge on any atom is 0.316 e. The molecule has 1 aliphatic rings. The quantitative estimate of drug-likeness (QED) is 0.349. The summed E-state index contributed by atoms with van der Waals surface area (Å²) in [5, 5.41) is 9.00. The number of carbonyl (C=O) groups excluding carboxylic acids is 2. The van der Waals surface area contributed by atoms with Crippen molar-refractivity contribution < 1.29 is 24.2 Å². The van der Waals surface area contributed by atoms with E-state index in [1.165, 1.54) is 0 Å². The van der Waals surface area contributed by atoms with Crippen molar-refractivity contribution >= 4 is 17.7 Å². The molecule has 3 aromatic rings. The zero-order valence-corrected chi connectivity index (χ0v) is 21.7. The molecule has 1 unspecified atom stereocenters. The van der Waals surface area contributed by atoms with E-state index < -0.39 is 17.3 Å². The highest BCUT2D eigenvalue weighted by atomic mass is 16.5. The molecule has 1 fully saturated rings. The number of likely N-dealkylation sites (tertiary alicyclic amines) is 1. The Hall–Kier alpha value is -3.77. The molecular weight excluding hydrogens is 466 g/mol. The van der Waals surface area contributed by atoms with Crippen LogP contribution in [0.4, 0.5) is 0 Å². The summed E-state index contributed by atoms with van der Waals surface area (Å²) in [5.41, 5.74) is 2.40. The largest absolute Gasteiger partial charge is 0.481 e. The van der Waals surface area contributed by atoms with Crippen LogP contribution in [0.2, 0.25) is 0 Å². The Kier molecular flexibility index (Phi) is 9.75. The second kappa shape index (κ2) is 13.0. The highest BCUT2D eigenvalue weighted by Gasteiger charge is 2.43. The second-order valence-electron chi connectivity index (χ2n) is 9.35. The fourth-order valence-corrected chi connectivity index (χ4v) is 4.49. The summed E-state index contributed by atoms with van der Waals surface area (Å²) < 4.78 is 5.32. The van der Waals surface area contributed by atoms with Gasteiger partial charge in [-0.05, 0) is 64.0 Å². The van der Waals surface area contributed by atoms with Gasteiger partial charge in [-0.1, -0.05) is 78.9 Å². The molecule has 0 aliphatic carbocycles. The molecule has 37 heavy (non-hydrogen) atoms. The predicted octanol–water partition coefficient (Wildman–Crippen LogP) is 5.32. The van der Waals surface area contributed by atoms with E-state index in [1.807, 2.05) is 43.3 Å². The van der Waals surface area contributed by atoms with Crippen LogP contribution in [0, 0.1) is 0 Å². The average molecular weight is 502 g/mol. The first-order valence-corrected chi connectivity index (χ1v) is 12.6. The molecule has 1 aliphatic heterocycles. The van der Waals surface area contributed by atoms with Gasteiger partial charge in [0.25, 0.3) is 0 Å². The number of ketones is 1. The number of benzene rings is 3. The minimum Gasteiger partial charge on any atom is -0.481 e. The van der Waals surface area contributed by atoms with Gasteiger partial charge in [0.1, 0.15) is 0 Å². The lowest BCUT2D eigenvalue weighted by molar-refractivity contribution is -0.152. The molecule has 0 aromatic heterocycles. The molecule has 1 saturated heterocycles. The SMILES string of the molecule is CC(C(=O)O)c1cccc(C(=O)c2ccccc2)c1.CCOC(=O)C1(c2ccccc2)CCN(C)CC1. The third-order valence-electron chi connectivity index (χ3n) is 6.89. The van der Waals surface area contributed by atoms with Crippen LogP contribution in [0.25, 0.3) is 0 Å². The lowest BCUT2D eigenvalue weighted by Gasteiger charge is -2.38. The number of carboxylic acids is 1. The van der Waals surface area contributed by atoms with Crippen LogP contribution >= 0.6 is 0 Å². The van der Waals surface area contributed by atoms with Crippen LogP contribution in [-0.4, -0.2) is 54.5 Å². The number of piperidine rings is 1. The zero-order valence-electron chi connectivity index (χ0n) is 21.7. The summed E-state index contributed by atoms with van der Waals surface area (Å²) in [6, 6.07) is 25.8. The van der Waals surface area contributed by atoms with Crippen molar-refractivity contribution in [1.82, 2.24) is 4.90 Å². The van der Waals surface area contributed by atoms with E-state index in [0.717, 1.165) is 31.5 Å². The Morgan fingerprint density at radius 3 is 2.03 bits per heavy atom. The number of nitrogens with zero attached hydrogens (tertiary/aromatic N) is 1. The van der Waals surface area contributed by atoms with Gasteiger partial charge < -0.3 is 14.7 Å². The summed E-state index contributed by atoms with van der Waals surface area (Å²) in [7, 11) is 2.10. The molecule has 6 nitrogen and oxygen atoms in total. The van der Waals surface area contributed by atoms with Gasteiger partial charge in [0, 0.05) is 11.1 Å². The normalized spacial score (nSPS) is 15.5. The van der Waals surface area contributed by atoms with Gasteiger partial charge in [0.2, 0.25) is 0 Å². The third kappa shape index (κ3) is 6.92. The molecule has 1 heterocycles. The van der Waals surface area contributed by atoms with Gasteiger partial charge in [-0.3, -0.25) is 14.4 Å². The zero-order chi connectivity index (χ0) is 26.8. The van der Waals surface area contributed by atoms with E-state index in [1.54, 1.807) is 55.5 Å². The summed E-state index contributed by atoms with van der Waals surface area (Å²) in [6.07, 6.45) is 1.68.